The van der Waals surface area contributed by atoms with Crippen LogP contribution in [0.15, 0.2) is 16.5 Å². The average molecular weight is 463 g/mol. The van der Waals surface area contributed by atoms with Crippen molar-refractivity contribution in [3.63, 3.8) is 0 Å². The summed E-state index contributed by atoms with van der Waals surface area (Å²) in [7, 11) is 2.07. The molecule has 0 amide bonds. The summed E-state index contributed by atoms with van der Waals surface area (Å²) in [6, 6.07) is 4.12. The summed E-state index contributed by atoms with van der Waals surface area (Å²) in [6.07, 6.45) is 11.9. The number of hydrogen-bond acceptors (Lipinski definition) is 3. The monoisotopic (exact) mass is 462 g/mol. The lowest BCUT2D eigenvalue weighted by atomic mass is 9.97. The Bertz CT molecular complexity index is 949. The summed E-state index contributed by atoms with van der Waals surface area (Å²) in [5.74, 6) is 0.345. The van der Waals surface area contributed by atoms with Gasteiger partial charge in [0.25, 0.3) is 0 Å². The van der Waals surface area contributed by atoms with E-state index < -0.39 is 0 Å². The third-order valence-electron chi connectivity index (χ3n) is 6.04. The molecule has 178 valence electrons. The molecule has 0 unspecified atom stereocenters. The van der Waals surface area contributed by atoms with Crippen molar-refractivity contribution in [3.8, 4) is 0 Å². The first-order valence-electron chi connectivity index (χ1n) is 12.2. The van der Waals surface area contributed by atoms with Gasteiger partial charge in [-0.05, 0) is 74.0 Å². The van der Waals surface area contributed by atoms with Gasteiger partial charge in [-0.15, -0.1) is 0 Å². The Balaban J connectivity index is 1.69. The number of unbranched alkanes of at least 4 members (excludes halogenated alkanes) is 5. The van der Waals surface area contributed by atoms with Crippen LogP contribution in [0.25, 0.3) is 11.0 Å². The van der Waals surface area contributed by atoms with Crippen LogP contribution in [0.4, 0.5) is 4.39 Å². The van der Waals surface area contributed by atoms with Crippen molar-refractivity contribution in [1.29, 1.82) is 0 Å². The van der Waals surface area contributed by atoms with Crippen molar-refractivity contribution < 1.29 is 18.1 Å². The number of aryl methyl sites for hydroxylation is 3. The summed E-state index contributed by atoms with van der Waals surface area (Å²) < 4.78 is 27.6. The number of hydrogen-bond donors (Lipinski definition) is 0. The molecule has 5 heteroatoms. The Morgan fingerprint density at radius 3 is 2.50 bits per heavy atom. The van der Waals surface area contributed by atoms with Crippen LogP contribution in [0.5, 0.6) is 0 Å². The molecule has 1 heterocycles. The fourth-order valence-electron chi connectivity index (χ4n) is 3.95. The molecule has 0 atom stereocenters. The summed E-state index contributed by atoms with van der Waals surface area (Å²) in [5.41, 5.74) is 3.84. The van der Waals surface area contributed by atoms with Crippen molar-refractivity contribution in [1.82, 2.24) is 0 Å². The molecule has 1 aromatic carbocycles. The van der Waals surface area contributed by atoms with Crippen LogP contribution < -0.4 is 0 Å². The molecule has 0 N–H and O–H groups in total. The minimum Gasteiger partial charge on any atom is -0.450 e. The Kier molecular flexibility index (Phi) is 11.4. The van der Waals surface area contributed by atoms with Crippen molar-refractivity contribution >= 4 is 29.6 Å². The van der Waals surface area contributed by atoms with E-state index in [9.17, 15) is 4.39 Å². The molecule has 0 fully saturated rings. The van der Waals surface area contributed by atoms with Crippen LogP contribution >= 0.6 is 12.2 Å². The standard InChI is InChI=1S/C27H41FNO2S/c1-6-23-24-18-22(21(4)17-25(24)31-27(32)26(23)28)13-11-9-7-8-10-12-16-30-19-29(5)15-14-20(2)3/h17-20H,6-16H2,1-5H3/q+1. The molecule has 3 nitrogen and oxygen atoms in total. The normalized spacial score (nSPS) is 12.2. The molecule has 2 aromatic rings. The molecule has 0 saturated carbocycles. The van der Waals surface area contributed by atoms with Crippen molar-refractivity contribution in [2.75, 3.05) is 20.2 Å². The predicted molar refractivity (Wildman–Crippen MR) is 135 cm³/mol. The molecule has 0 radical (unpaired) electrons. The van der Waals surface area contributed by atoms with E-state index in [4.69, 9.17) is 21.4 Å². The Morgan fingerprint density at radius 1 is 1.12 bits per heavy atom. The van der Waals surface area contributed by atoms with E-state index in [0.29, 0.717) is 17.6 Å². The van der Waals surface area contributed by atoms with Crippen LogP contribution in [-0.2, 0) is 17.6 Å². The molecule has 0 bridgehead atoms. The first-order chi connectivity index (χ1) is 15.3. The maximum absolute atomic E-state index is 14.4. The molecular weight excluding hydrogens is 421 g/mol. The van der Waals surface area contributed by atoms with Crippen LogP contribution in [0, 0.1) is 23.4 Å². The zero-order valence-corrected chi connectivity index (χ0v) is 21.5. The van der Waals surface area contributed by atoms with Crippen LogP contribution in [-0.4, -0.2) is 31.2 Å². The highest BCUT2D eigenvalue weighted by molar-refractivity contribution is 7.71. The predicted octanol–water partition coefficient (Wildman–Crippen LogP) is 7.79. The van der Waals surface area contributed by atoms with Gasteiger partial charge < -0.3 is 9.15 Å². The zero-order valence-electron chi connectivity index (χ0n) is 20.6. The molecule has 0 aliphatic heterocycles. The largest absolute Gasteiger partial charge is 0.450 e. The highest BCUT2D eigenvalue weighted by atomic mass is 32.1. The van der Waals surface area contributed by atoms with E-state index in [1.54, 1.807) is 0 Å². The second-order valence-electron chi connectivity index (χ2n) is 9.32. The molecular formula is C27H41FNO2S+. The Morgan fingerprint density at radius 2 is 1.81 bits per heavy atom. The Hall–Kier alpha value is -1.75. The lowest BCUT2D eigenvalue weighted by molar-refractivity contribution is -0.502. The fourth-order valence-corrected chi connectivity index (χ4v) is 4.16. The summed E-state index contributed by atoms with van der Waals surface area (Å²) in [4.78, 5) is 0. The van der Waals surface area contributed by atoms with Gasteiger partial charge in [-0.25, -0.2) is 8.97 Å². The second-order valence-corrected chi connectivity index (χ2v) is 9.69. The summed E-state index contributed by atoms with van der Waals surface area (Å²) in [5, 5.41) is 0.867. The number of nitrogens with zero attached hydrogens (tertiary/aromatic N) is 1. The van der Waals surface area contributed by atoms with E-state index in [2.05, 4.69) is 38.5 Å². The van der Waals surface area contributed by atoms with Crippen molar-refractivity contribution in [2.45, 2.75) is 85.5 Å². The van der Waals surface area contributed by atoms with Crippen LogP contribution in [0.3, 0.4) is 0 Å². The molecule has 0 aliphatic rings. The summed E-state index contributed by atoms with van der Waals surface area (Å²) in [6.45, 7) is 10.4. The molecule has 2 rings (SSSR count). The first kappa shape index (κ1) is 26.5. The van der Waals surface area contributed by atoms with Gasteiger partial charge >= 0.3 is 6.40 Å². The van der Waals surface area contributed by atoms with Crippen molar-refractivity contribution in [3.05, 3.63) is 39.3 Å². The van der Waals surface area contributed by atoms with E-state index >= 15 is 0 Å². The van der Waals surface area contributed by atoms with Gasteiger partial charge in [-0.2, -0.15) is 0 Å². The van der Waals surface area contributed by atoms with Gasteiger partial charge in [0.1, 0.15) is 19.2 Å². The van der Waals surface area contributed by atoms with Gasteiger partial charge in [-0.3, -0.25) is 0 Å². The van der Waals surface area contributed by atoms with E-state index in [1.165, 1.54) is 43.2 Å². The second kappa shape index (κ2) is 13.7. The lowest BCUT2D eigenvalue weighted by Crippen LogP contribution is -2.13. The highest BCUT2D eigenvalue weighted by Crippen LogP contribution is 2.27. The first-order valence-corrected chi connectivity index (χ1v) is 12.6. The van der Waals surface area contributed by atoms with Gasteiger partial charge in [0, 0.05) is 17.4 Å². The molecule has 0 spiro atoms. The topological polar surface area (TPSA) is 25.4 Å². The molecule has 0 saturated heterocycles. The lowest BCUT2D eigenvalue weighted by Gasteiger charge is -2.11. The van der Waals surface area contributed by atoms with Crippen molar-refractivity contribution in [2.24, 2.45) is 5.92 Å². The SMILES string of the molecule is CCc1c(F)c(=S)oc2cc(C)c(CCCCCCCCOC=[N+](C)CCC(C)C)cc12. The maximum atomic E-state index is 14.4. The number of rotatable bonds is 14. The maximum Gasteiger partial charge on any atom is 0.323 e. The molecule has 32 heavy (non-hydrogen) atoms. The Labute approximate surface area is 198 Å². The smallest absolute Gasteiger partial charge is 0.323 e. The zero-order chi connectivity index (χ0) is 23.5. The van der Waals surface area contributed by atoms with Gasteiger partial charge in [0.05, 0.1) is 6.61 Å². The van der Waals surface area contributed by atoms with Crippen LogP contribution in [0.1, 0.15) is 82.4 Å². The molecule has 0 aliphatic carbocycles. The van der Waals surface area contributed by atoms with E-state index in [-0.39, 0.29) is 10.5 Å². The fraction of sp³-hybridized carbons (Fsp3) is 0.630. The minimum absolute atomic E-state index is 0.0389. The summed E-state index contributed by atoms with van der Waals surface area (Å²) >= 11 is 5.03. The third kappa shape index (κ3) is 8.31. The number of halogens is 1. The number of benzene rings is 1. The van der Waals surface area contributed by atoms with Crippen LogP contribution in [0.2, 0.25) is 0 Å². The van der Waals surface area contributed by atoms with Gasteiger partial charge in [0.2, 0.25) is 4.71 Å². The minimum atomic E-state index is -0.381. The number of fused-ring (bicyclic) bond motifs is 1. The van der Waals surface area contributed by atoms with E-state index in [0.717, 1.165) is 43.7 Å². The highest BCUT2D eigenvalue weighted by Gasteiger charge is 2.13. The number of ether oxygens (including phenoxy) is 1. The van der Waals surface area contributed by atoms with Gasteiger partial charge in [0.15, 0.2) is 5.82 Å². The quantitative estimate of drug-likeness (QED) is 0.0942. The third-order valence-corrected chi connectivity index (χ3v) is 6.30. The van der Waals surface area contributed by atoms with E-state index in [1.807, 2.05) is 19.4 Å². The van der Waals surface area contributed by atoms with Gasteiger partial charge in [-0.1, -0.05) is 46.5 Å². The average Bonchev–Trinajstić information content (AvgIpc) is 2.75. The molecule has 1 aromatic heterocycles.